The molecule has 196 valence electrons. The monoisotopic (exact) mass is 539 g/mol. The minimum Gasteiger partial charge on any atom is -0.311 e. The second kappa shape index (κ2) is 10.1. The third-order valence-electron chi connectivity index (χ3n) is 7.49. The van der Waals surface area contributed by atoms with E-state index in [2.05, 4.69) is 36.0 Å². The molecule has 1 aromatic carbocycles. The molecular weight excluding hydrogens is 506 g/mol. The number of nitrogens with one attached hydrogen (secondary N) is 1. The van der Waals surface area contributed by atoms with Gasteiger partial charge in [-0.15, -0.1) is 11.3 Å². The molecule has 7 nitrogen and oxygen atoms in total. The number of thiophene rings is 1. The Labute approximate surface area is 227 Å². The zero-order chi connectivity index (χ0) is 26.5. The van der Waals surface area contributed by atoms with Crippen LogP contribution in [0.3, 0.4) is 0 Å². The van der Waals surface area contributed by atoms with Crippen molar-refractivity contribution >= 4 is 45.0 Å². The minimum absolute atomic E-state index is 0.114. The third kappa shape index (κ3) is 5.43. The number of benzene rings is 1. The maximum Gasteiger partial charge on any atom is 0.230 e. The summed E-state index contributed by atoms with van der Waals surface area (Å²) in [5.41, 5.74) is 4.73. The minimum atomic E-state index is -0.288. The van der Waals surface area contributed by atoms with Crippen molar-refractivity contribution < 1.29 is 9.59 Å². The lowest BCUT2D eigenvalue weighted by atomic mass is 9.82. The summed E-state index contributed by atoms with van der Waals surface area (Å²) in [6.45, 7) is 13.5. The first-order valence-corrected chi connectivity index (χ1v) is 14.0. The number of fused-ring (bicyclic) bond motifs is 1. The fourth-order valence-corrected chi connectivity index (χ4v) is 6.81. The number of halogens is 1. The first-order valence-electron chi connectivity index (χ1n) is 12.8. The van der Waals surface area contributed by atoms with Crippen molar-refractivity contribution in [3.8, 4) is 11.3 Å². The molecule has 0 radical (unpaired) electrons. The average molecular weight is 540 g/mol. The molecule has 2 atom stereocenters. The molecule has 2 aliphatic rings. The third-order valence-corrected chi connectivity index (χ3v) is 8.82. The van der Waals surface area contributed by atoms with E-state index in [0.717, 1.165) is 51.5 Å². The predicted octanol–water partition coefficient (Wildman–Crippen LogP) is 5.18. The van der Waals surface area contributed by atoms with Crippen LogP contribution in [0.15, 0.2) is 24.5 Å². The fraction of sp³-hybridized carbons (Fsp3) is 0.500. The van der Waals surface area contributed by atoms with Gasteiger partial charge in [-0.05, 0) is 55.5 Å². The number of carbonyl (C=O) groups excluding carboxylic acids is 2. The summed E-state index contributed by atoms with van der Waals surface area (Å²) >= 11 is 8.11. The van der Waals surface area contributed by atoms with E-state index < -0.39 is 0 Å². The van der Waals surface area contributed by atoms with Gasteiger partial charge in [0, 0.05) is 60.0 Å². The highest BCUT2D eigenvalue weighted by Gasteiger charge is 2.37. The van der Waals surface area contributed by atoms with E-state index in [9.17, 15) is 9.59 Å². The number of rotatable bonds is 5. The van der Waals surface area contributed by atoms with Crippen LogP contribution in [0.1, 0.15) is 56.5 Å². The van der Waals surface area contributed by atoms with Crippen LogP contribution in [0.2, 0.25) is 5.02 Å². The lowest BCUT2D eigenvalue weighted by Crippen LogP contribution is -2.53. The highest BCUT2D eigenvalue weighted by atomic mass is 35.5. The Kier molecular flexibility index (Phi) is 7.13. The van der Waals surface area contributed by atoms with Gasteiger partial charge in [0.2, 0.25) is 11.8 Å². The Hall–Kier alpha value is -2.39. The Morgan fingerprint density at radius 1 is 1.11 bits per heavy atom. The summed E-state index contributed by atoms with van der Waals surface area (Å²) in [5, 5.41) is 4.23. The molecule has 0 bridgehead atoms. The topological polar surface area (TPSA) is 78.4 Å². The van der Waals surface area contributed by atoms with Gasteiger partial charge >= 0.3 is 0 Å². The fourth-order valence-electron chi connectivity index (χ4n) is 5.43. The van der Waals surface area contributed by atoms with Gasteiger partial charge in [-0.25, -0.2) is 9.97 Å². The zero-order valence-corrected chi connectivity index (χ0v) is 23.7. The lowest BCUT2D eigenvalue weighted by Gasteiger charge is -2.38. The van der Waals surface area contributed by atoms with Crippen LogP contribution >= 0.6 is 22.9 Å². The van der Waals surface area contributed by atoms with Crippen molar-refractivity contribution in [1.29, 1.82) is 0 Å². The number of imide groups is 1. The summed E-state index contributed by atoms with van der Waals surface area (Å²) in [6.07, 6.45) is 2.34. The van der Waals surface area contributed by atoms with E-state index in [1.165, 1.54) is 10.5 Å². The molecule has 2 aliphatic heterocycles. The number of amides is 2. The van der Waals surface area contributed by atoms with Crippen LogP contribution in [0.5, 0.6) is 0 Å². The van der Waals surface area contributed by atoms with Gasteiger partial charge in [0.25, 0.3) is 0 Å². The number of hydrogen-bond donors (Lipinski definition) is 1. The van der Waals surface area contributed by atoms with E-state index in [1.807, 2.05) is 32.0 Å². The number of likely N-dealkylation sites (tertiary alicyclic amines) is 1. The second-order valence-corrected chi connectivity index (χ2v) is 13.0. The van der Waals surface area contributed by atoms with Gasteiger partial charge in [-0.1, -0.05) is 25.4 Å². The van der Waals surface area contributed by atoms with Gasteiger partial charge in [0.15, 0.2) is 0 Å². The SMILES string of the molecule is Cc1cc(Cl)cc(-c2ncnc3cc(CN4C(=O)CC(C)(C)CC4=O)sc23)c1CN1C[C@@H](C)NC[C@@H]1C. The molecule has 0 saturated carbocycles. The van der Waals surface area contributed by atoms with E-state index in [0.29, 0.717) is 29.9 Å². The molecule has 3 aromatic rings. The Morgan fingerprint density at radius 3 is 2.57 bits per heavy atom. The predicted molar refractivity (Wildman–Crippen MR) is 149 cm³/mol. The van der Waals surface area contributed by atoms with Crippen molar-refractivity contribution in [2.75, 3.05) is 13.1 Å². The highest BCUT2D eigenvalue weighted by molar-refractivity contribution is 7.19. The number of aromatic nitrogens is 2. The van der Waals surface area contributed by atoms with Crippen molar-refractivity contribution in [1.82, 2.24) is 25.1 Å². The molecule has 0 spiro atoms. The van der Waals surface area contributed by atoms with Crippen molar-refractivity contribution in [2.45, 2.75) is 72.6 Å². The Balaban J connectivity index is 1.51. The number of piperazine rings is 1. The Morgan fingerprint density at radius 2 is 1.84 bits per heavy atom. The van der Waals surface area contributed by atoms with Gasteiger partial charge in [0.1, 0.15) is 6.33 Å². The van der Waals surface area contributed by atoms with Crippen molar-refractivity contribution in [3.05, 3.63) is 45.6 Å². The van der Waals surface area contributed by atoms with E-state index in [4.69, 9.17) is 16.6 Å². The van der Waals surface area contributed by atoms with Gasteiger partial charge in [-0.2, -0.15) is 0 Å². The molecule has 2 saturated heterocycles. The molecule has 4 heterocycles. The molecule has 0 aliphatic carbocycles. The highest BCUT2D eigenvalue weighted by Crippen LogP contribution is 2.38. The summed E-state index contributed by atoms with van der Waals surface area (Å²) in [4.78, 5) is 39.5. The summed E-state index contributed by atoms with van der Waals surface area (Å²) in [7, 11) is 0. The largest absolute Gasteiger partial charge is 0.311 e. The van der Waals surface area contributed by atoms with E-state index in [1.54, 1.807) is 17.7 Å². The second-order valence-electron chi connectivity index (χ2n) is 11.4. The first kappa shape index (κ1) is 26.2. The van der Waals surface area contributed by atoms with Gasteiger partial charge < -0.3 is 5.32 Å². The summed E-state index contributed by atoms with van der Waals surface area (Å²) in [5.74, 6) is -0.228. The quantitative estimate of drug-likeness (QED) is 0.450. The lowest BCUT2D eigenvalue weighted by molar-refractivity contribution is -0.153. The molecule has 0 unspecified atom stereocenters. The first-order chi connectivity index (χ1) is 17.5. The average Bonchev–Trinajstić information content (AvgIpc) is 3.22. The van der Waals surface area contributed by atoms with Gasteiger partial charge in [-0.3, -0.25) is 19.4 Å². The van der Waals surface area contributed by atoms with Crippen LogP contribution < -0.4 is 5.32 Å². The van der Waals surface area contributed by atoms with E-state index >= 15 is 0 Å². The molecule has 2 aromatic heterocycles. The smallest absolute Gasteiger partial charge is 0.230 e. The van der Waals surface area contributed by atoms with Crippen molar-refractivity contribution in [2.24, 2.45) is 5.41 Å². The summed E-state index contributed by atoms with van der Waals surface area (Å²) in [6, 6.07) is 6.85. The van der Waals surface area contributed by atoms with Crippen LogP contribution in [0.25, 0.3) is 21.5 Å². The normalized spacial score (nSPS) is 22.7. The number of carbonyl (C=O) groups is 2. The number of piperidine rings is 1. The van der Waals surface area contributed by atoms with Crippen LogP contribution in [-0.4, -0.2) is 56.8 Å². The molecule has 1 N–H and O–H groups in total. The maximum absolute atomic E-state index is 12.7. The number of hydrogen-bond acceptors (Lipinski definition) is 7. The standard InChI is InChI=1S/C28H34ClN5O2S/c1-16-6-19(29)7-21(22(16)14-33-12-17(2)30-11-18(33)3)26-27-23(31-15-32-26)8-20(37-27)13-34-24(35)9-28(4,5)10-25(34)36/h6-8,15,17-18,30H,9-14H2,1-5H3/t17-,18+/m1/s1. The van der Waals surface area contributed by atoms with Gasteiger partial charge in [0.05, 0.1) is 22.5 Å². The Bertz CT molecular complexity index is 1350. The maximum atomic E-state index is 12.7. The molecule has 2 amide bonds. The van der Waals surface area contributed by atoms with Crippen LogP contribution in [-0.2, 0) is 22.7 Å². The molecule has 2 fully saturated rings. The zero-order valence-electron chi connectivity index (χ0n) is 22.1. The molecule has 9 heteroatoms. The number of nitrogens with zero attached hydrogens (tertiary/aromatic N) is 4. The number of aryl methyl sites for hydroxylation is 1. The molecular formula is C28H34ClN5O2S. The van der Waals surface area contributed by atoms with Crippen LogP contribution in [0, 0.1) is 12.3 Å². The van der Waals surface area contributed by atoms with E-state index in [-0.39, 0.29) is 23.8 Å². The molecule has 37 heavy (non-hydrogen) atoms. The summed E-state index contributed by atoms with van der Waals surface area (Å²) < 4.78 is 0.944. The van der Waals surface area contributed by atoms with Crippen molar-refractivity contribution in [3.63, 3.8) is 0 Å². The molecule has 5 rings (SSSR count). The van der Waals surface area contributed by atoms with Crippen LogP contribution in [0.4, 0.5) is 0 Å².